The highest BCUT2D eigenvalue weighted by atomic mass is 35.5. The molecule has 1 N–H and O–H groups in total. The van der Waals surface area contributed by atoms with Gasteiger partial charge < -0.3 is 19.2 Å². The number of non-ortho nitro benzene ring substituents is 1. The second kappa shape index (κ2) is 10.3. The monoisotopic (exact) mass is 492 g/mol. The normalized spacial score (nSPS) is 10.6. The molecule has 4 aromatic rings. The van der Waals surface area contributed by atoms with E-state index in [0.29, 0.717) is 22.3 Å². The molecule has 3 aromatic carbocycles. The first kappa shape index (κ1) is 23.8. The lowest BCUT2D eigenvalue weighted by molar-refractivity contribution is -0.384. The number of halogens is 1. The summed E-state index contributed by atoms with van der Waals surface area (Å²) in [5, 5.41) is 14.5. The van der Waals surface area contributed by atoms with Crippen LogP contribution in [0.5, 0.6) is 17.2 Å². The Hall–Kier alpha value is -4.30. The Balaban J connectivity index is 1.48. The largest absolute Gasteiger partial charge is 0.484 e. The summed E-state index contributed by atoms with van der Waals surface area (Å²) < 4.78 is 17.2. The van der Waals surface area contributed by atoms with Crippen molar-refractivity contribution < 1.29 is 23.6 Å². The number of hydrogen-bond acceptors (Lipinski definition) is 6. The van der Waals surface area contributed by atoms with Crippen LogP contribution in [-0.4, -0.2) is 10.8 Å². The molecule has 1 heterocycles. The highest BCUT2D eigenvalue weighted by Gasteiger charge is 2.17. The number of nitrogens with zero attached hydrogens (tertiary/aromatic N) is 1. The molecule has 9 heteroatoms. The molecule has 35 heavy (non-hydrogen) atoms. The first-order chi connectivity index (χ1) is 16.8. The van der Waals surface area contributed by atoms with E-state index in [4.69, 9.17) is 25.5 Å². The maximum Gasteiger partial charge on any atom is 0.291 e. The zero-order chi connectivity index (χ0) is 24.9. The van der Waals surface area contributed by atoms with Gasteiger partial charge in [0.1, 0.15) is 29.6 Å². The number of nitro benzene ring substituents is 1. The summed E-state index contributed by atoms with van der Waals surface area (Å²) >= 11 is 6.17. The maximum absolute atomic E-state index is 12.7. The number of hydrogen-bond donors (Lipinski definition) is 1. The van der Waals surface area contributed by atoms with Crippen molar-refractivity contribution in [2.75, 3.05) is 5.32 Å². The average molecular weight is 493 g/mol. The van der Waals surface area contributed by atoms with Crippen LogP contribution in [0.4, 0.5) is 11.4 Å². The molecular formula is C26H21ClN2O6. The average Bonchev–Trinajstić information content (AvgIpc) is 3.29. The van der Waals surface area contributed by atoms with Crippen molar-refractivity contribution in [1.82, 2.24) is 0 Å². The Morgan fingerprint density at radius 3 is 2.54 bits per heavy atom. The van der Waals surface area contributed by atoms with E-state index < -0.39 is 10.8 Å². The molecule has 0 unspecified atom stereocenters. The smallest absolute Gasteiger partial charge is 0.291 e. The number of carbonyl (C=O) groups excluding carboxylic acids is 1. The van der Waals surface area contributed by atoms with E-state index >= 15 is 0 Å². The Kier molecular flexibility index (Phi) is 7.03. The molecular weight excluding hydrogens is 472 g/mol. The molecule has 0 bridgehead atoms. The fourth-order valence-corrected chi connectivity index (χ4v) is 3.61. The summed E-state index contributed by atoms with van der Waals surface area (Å²) in [4.78, 5) is 23.6. The quantitative estimate of drug-likeness (QED) is 0.208. The molecule has 0 saturated heterocycles. The minimum absolute atomic E-state index is 0.0207. The number of nitro groups is 1. The summed E-state index contributed by atoms with van der Waals surface area (Å²) in [6, 6.07) is 19.8. The number of furan rings is 1. The van der Waals surface area contributed by atoms with Crippen molar-refractivity contribution in [3.8, 4) is 17.2 Å². The van der Waals surface area contributed by atoms with Crippen molar-refractivity contribution in [2.24, 2.45) is 0 Å². The number of benzene rings is 3. The van der Waals surface area contributed by atoms with Gasteiger partial charge in [0.25, 0.3) is 11.6 Å². The Bertz CT molecular complexity index is 1380. The lowest BCUT2D eigenvalue weighted by Crippen LogP contribution is -2.11. The number of nitrogens with one attached hydrogen (secondary N) is 1. The van der Waals surface area contributed by atoms with Gasteiger partial charge in [-0.2, -0.15) is 0 Å². The molecule has 0 saturated carbocycles. The molecule has 0 aliphatic heterocycles. The zero-order valence-corrected chi connectivity index (χ0v) is 19.7. The van der Waals surface area contributed by atoms with E-state index in [1.807, 2.05) is 38.1 Å². The standard InChI is InChI=1S/C26H21ClN2O6/c1-16-6-3-4-9-23(16)35-21-13-18(12-19(14-21)29(31)32)28-26(30)24-11-10-20(34-24)15-33-25-17(2)7-5-8-22(25)27/h3-14H,15H2,1-2H3,(H,28,30). The van der Waals surface area contributed by atoms with E-state index in [9.17, 15) is 14.9 Å². The molecule has 1 aromatic heterocycles. The first-order valence-electron chi connectivity index (χ1n) is 10.6. The molecule has 4 rings (SSSR count). The van der Waals surface area contributed by atoms with Crippen LogP contribution in [0.25, 0.3) is 0 Å². The topological polar surface area (TPSA) is 104 Å². The minimum Gasteiger partial charge on any atom is -0.484 e. The van der Waals surface area contributed by atoms with Crippen LogP contribution in [0, 0.1) is 24.0 Å². The van der Waals surface area contributed by atoms with Gasteiger partial charge in [-0.3, -0.25) is 14.9 Å². The van der Waals surface area contributed by atoms with Gasteiger partial charge in [0, 0.05) is 12.1 Å². The summed E-state index contributed by atoms with van der Waals surface area (Å²) in [6.45, 7) is 3.81. The van der Waals surface area contributed by atoms with Crippen LogP contribution < -0.4 is 14.8 Å². The second-order valence-corrected chi connectivity index (χ2v) is 8.14. The van der Waals surface area contributed by atoms with Gasteiger partial charge in [0.05, 0.1) is 21.7 Å². The lowest BCUT2D eigenvalue weighted by atomic mass is 10.2. The van der Waals surface area contributed by atoms with Crippen molar-refractivity contribution >= 4 is 28.9 Å². The van der Waals surface area contributed by atoms with Gasteiger partial charge >= 0.3 is 0 Å². The molecule has 1 amide bonds. The minimum atomic E-state index is -0.576. The fraction of sp³-hybridized carbons (Fsp3) is 0.115. The lowest BCUT2D eigenvalue weighted by Gasteiger charge is -2.11. The molecule has 0 fully saturated rings. The van der Waals surface area contributed by atoms with Gasteiger partial charge in [-0.25, -0.2) is 0 Å². The van der Waals surface area contributed by atoms with Crippen molar-refractivity contribution in [2.45, 2.75) is 20.5 Å². The fourth-order valence-electron chi connectivity index (χ4n) is 3.33. The summed E-state index contributed by atoms with van der Waals surface area (Å²) in [6.07, 6.45) is 0. The van der Waals surface area contributed by atoms with Gasteiger partial charge in [-0.1, -0.05) is 41.9 Å². The van der Waals surface area contributed by atoms with E-state index in [-0.39, 0.29) is 29.5 Å². The van der Waals surface area contributed by atoms with Crippen LogP contribution in [0.3, 0.4) is 0 Å². The molecule has 178 valence electrons. The number of anilines is 1. The number of para-hydroxylation sites is 2. The number of rotatable bonds is 8. The zero-order valence-electron chi connectivity index (χ0n) is 18.9. The van der Waals surface area contributed by atoms with Gasteiger partial charge in [0.15, 0.2) is 5.76 Å². The summed E-state index contributed by atoms with van der Waals surface area (Å²) in [5.74, 6) is 1.16. The van der Waals surface area contributed by atoms with Crippen molar-refractivity contribution in [1.29, 1.82) is 0 Å². The number of ether oxygens (including phenoxy) is 2. The van der Waals surface area contributed by atoms with E-state index in [1.54, 1.807) is 24.3 Å². The number of aryl methyl sites for hydroxylation is 2. The molecule has 0 spiro atoms. The van der Waals surface area contributed by atoms with Crippen LogP contribution in [0.1, 0.15) is 27.4 Å². The third-order valence-electron chi connectivity index (χ3n) is 5.09. The maximum atomic E-state index is 12.7. The summed E-state index contributed by atoms with van der Waals surface area (Å²) in [7, 11) is 0. The SMILES string of the molecule is Cc1ccccc1Oc1cc(NC(=O)c2ccc(COc3c(C)cccc3Cl)o2)cc([N+](=O)[O-])c1. The van der Waals surface area contributed by atoms with Crippen molar-refractivity contribution in [3.05, 3.63) is 111 Å². The molecule has 0 atom stereocenters. The first-order valence-corrected chi connectivity index (χ1v) is 11.0. The molecule has 0 aliphatic rings. The predicted octanol–water partition coefficient (Wildman–Crippen LogP) is 7.08. The van der Waals surface area contributed by atoms with E-state index in [2.05, 4.69) is 5.32 Å². The van der Waals surface area contributed by atoms with E-state index in [1.165, 1.54) is 24.3 Å². The van der Waals surface area contributed by atoms with Crippen LogP contribution in [-0.2, 0) is 6.61 Å². The Morgan fingerprint density at radius 1 is 1.03 bits per heavy atom. The van der Waals surface area contributed by atoms with Gasteiger partial charge in [-0.15, -0.1) is 0 Å². The van der Waals surface area contributed by atoms with Crippen LogP contribution in [0.2, 0.25) is 5.02 Å². The Morgan fingerprint density at radius 2 is 1.80 bits per heavy atom. The molecule has 0 radical (unpaired) electrons. The molecule has 0 aliphatic carbocycles. The van der Waals surface area contributed by atoms with Crippen LogP contribution in [0.15, 0.2) is 77.2 Å². The number of carbonyl (C=O) groups is 1. The highest BCUT2D eigenvalue weighted by molar-refractivity contribution is 6.32. The van der Waals surface area contributed by atoms with Crippen LogP contribution >= 0.6 is 11.6 Å². The summed E-state index contributed by atoms with van der Waals surface area (Å²) in [5.41, 5.74) is 1.70. The van der Waals surface area contributed by atoms with Crippen molar-refractivity contribution in [3.63, 3.8) is 0 Å². The predicted molar refractivity (Wildman–Crippen MR) is 132 cm³/mol. The Labute approximate surface area is 206 Å². The second-order valence-electron chi connectivity index (χ2n) is 7.73. The third kappa shape index (κ3) is 5.80. The molecule has 8 nitrogen and oxygen atoms in total. The van der Waals surface area contributed by atoms with Gasteiger partial charge in [0.2, 0.25) is 0 Å². The van der Waals surface area contributed by atoms with Gasteiger partial charge in [-0.05, 0) is 49.2 Å². The highest BCUT2D eigenvalue weighted by Crippen LogP contribution is 2.32. The number of amides is 1. The van der Waals surface area contributed by atoms with E-state index in [0.717, 1.165) is 11.1 Å². The third-order valence-corrected chi connectivity index (χ3v) is 5.39.